The minimum atomic E-state index is -0.0752. The van der Waals surface area contributed by atoms with Crippen LogP contribution in [-0.2, 0) is 29.1 Å². The molecule has 4 heterocycles. The van der Waals surface area contributed by atoms with Crippen molar-refractivity contribution in [1.82, 2.24) is 35.0 Å². The first-order chi connectivity index (χ1) is 18.2. The molecule has 0 unspecified atom stereocenters. The molecule has 2 aromatic heterocycles. The van der Waals surface area contributed by atoms with Gasteiger partial charge in [-0.05, 0) is 67.4 Å². The highest BCUT2D eigenvalue weighted by Crippen LogP contribution is 2.20. The Labute approximate surface area is 216 Å². The number of hydrogen-bond acceptors (Lipinski definition) is 9. The number of aromatic amines is 1. The van der Waals surface area contributed by atoms with E-state index in [0.29, 0.717) is 31.8 Å². The van der Waals surface area contributed by atoms with Crippen molar-refractivity contribution in [2.24, 2.45) is 0 Å². The van der Waals surface area contributed by atoms with Crippen molar-refractivity contribution in [2.45, 2.75) is 51.9 Å². The molecule has 5 rings (SSSR count). The summed E-state index contributed by atoms with van der Waals surface area (Å²) >= 11 is 0. The van der Waals surface area contributed by atoms with Gasteiger partial charge < -0.3 is 19.2 Å². The molecule has 2 saturated heterocycles. The number of rotatable bonds is 12. The van der Waals surface area contributed by atoms with Gasteiger partial charge in [-0.2, -0.15) is 0 Å². The van der Waals surface area contributed by atoms with Gasteiger partial charge >= 0.3 is 0 Å². The molecule has 1 N–H and O–H groups in total. The van der Waals surface area contributed by atoms with E-state index < -0.39 is 0 Å². The van der Waals surface area contributed by atoms with Gasteiger partial charge in [-0.1, -0.05) is 0 Å². The second-order valence-electron chi connectivity index (χ2n) is 9.74. The normalized spacial score (nSPS) is 18.7. The van der Waals surface area contributed by atoms with Gasteiger partial charge in [0.2, 0.25) is 0 Å². The van der Waals surface area contributed by atoms with Gasteiger partial charge in [0, 0.05) is 49.3 Å². The number of nitrogens with zero attached hydrogens (tertiary/aromatic N) is 6. The van der Waals surface area contributed by atoms with E-state index in [-0.39, 0.29) is 11.7 Å². The van der Waals surface area contributed by atoms with Gasteiger partial charge in [-0.15, -0.1) is 5.10 Å². The Kier molecular flexibility index (Phi) is 8.77. The van der Waals surface area contributed by atoms with Gasteiger partial charge in [0.25, 0.3) is 5.56 Å². The molecule has 0 aliphatic carbocycles. The maximum atomic E-state index is 13.0. The average molecular weight is 512 g/mol. The van der Waals surface area contributed by atoms with E-state index in [4.69, 9.17) is 14.2 Å². The molecule has 1 aromatic carbocycles. The van der Waals surface area contributed by atoms with Gasteiger partial charge in [0.05, 0.1) is 39.0 Å². The minimum absolute atomic E-state index is 0.0752. The van der Waals surface area contributed by atoms with Gasteiger partial charge in [0.1, 0.15) is 5.75 Å². The third-order valence-electron chi connectivity index (χ3n) is 7.02. The highest BCUT2D eigenvalue weighted by atomic mass is 16.5. The molecule has 2 fully saturated rings. The lowest BCUT2D eigenvalue weighted by molar-refractivity contribution is 0.0358. The zero-order chi connectivity index (χ0) is 25.5. The largest absolute Gasteiger partial charge is 0.494 e. The number of pyridine rings is 1. The first-order valence-corrected chi connectivity index (χ1v) is 13.4. The number of fused-ring (bicyclic) bond motifs is 1. The fourth-order valence-electron chi connectivity index (χ4n) is 5.06. The van der Waals surface area contributed by atoms with Crippen molar-refractivity contribution in [2.75, 3.05) is 52.6 Å². The molecular weight excluding hydrogens is 474 g/mol. The van der Waals surface area contributed by atoms with Crippen molar-refractivity contribution in [3.63, 3.8) is 0 Å². The number of nitrogens with one attached hydrogen (secondary N) is 1. The second-order valence-corrected chi connectivity index (χ2v) is 9.74. The van der Waals surface area contributed by atoms with Crippen LogP contribution in [0.4, 0.5) is 0 Å². The maximum Gasteiger partial charge on any atom is 0.252 e. The summed E-state index contributed by atoms with van der Waals surface area (Å²) < 4.78 is 18.8. The van der Waals surface area contributed by atoms with E-state index in [1.54, 1.807) is 0 Å². The summed E-state index contributed by atoms with van der Waals surface area (Å²) in [5.74, 6) is 1.58. The van der Waals surface area contributed by atoms with Crippen LogP contribution in [0, 0.1) is 0 Å². The molecule has 11 heteroatoms. The Bertz CT molecular complexity index is 1200. The topological polar surface area (TPSA) is 111 Å². The van der Waals surface area contributed by atoms with E-state index in [1.807, 2.05) is 35.9 Å². The third-order valence-corrected chi connectivity index (χ3v) is 7.02. The van der Waals surface area contributed by atoms with Crippen LogP contribution in [0.5, 0.6) is 5.75 Å². The van der Waals surface area contributed by atoms with Crippen LogP contribution in [0.1, 0.15) is 37.6 Å². The molecule has 200 valence electrons. The molecule has 0 spiro atoms. The predicted octanol–water partition coefficient (Wildman–Crippen LogP) is 1.82. The summed E-state index contributed by atoms with van der Waals surface area (Å²) in [6.07, 6.45) is 3.23. The van der Waals surface area contributed by atoms with E-state index in [0.717, 1.165) is 87.7 Å². The Morgan fingerprint density at radius 2 is 2.08 bits per heavy atom. The highest BCUT2D eigenvalue weighted by Gasteiger charge is 2.21. The number of ether oxygens (including phenoxy) is 3. The second kappa shape index (κ2) is 12.6. The lowest BCUT2D eigenvalue weighted by Gasteiger charge is -2.28. The van der Waals surface area contributed by atoms with Crippen LogP contribution in [0.2, 0.25) is 0 Å². The van der Waals surface area contributed by atoms with E-state index in [9.17, 15) is 4.79 Å². The molecule has 0 amide bonds. The summed E-state index contributed by atoms with van der Waals surface area (Å²) in [5.41, 5.74) is 1.44. The number of morpholine rings is 1. The highest BCUT2D eigenvalue weighted by molar-refractivity contribution is 5.80. The monoisotopic (exact) mass is 511 g/mol. The first-order valence-electron chi connectivity index (χ1n) is 13.4. The smallest absolute Gasteiger partial charge is 0.252 e. The quantitative estimate of drug-likeness (QED) is 0.389. The summed E-state index contributed by atoms with van der Waals surface area (Å²) in [7, 11) is 0. The summed E-state index contributed by atoms with van der Waals surface area (Å²) in [5, 5.41) is 13.4. The van der Waals surface area contributed by atoms with E-state index >= 15 is 0 Å². The number of aromatic nitrogens is 5. The van der Waals surface area contributed by atoms with Gasteiger partial charge in [-0.25, -0.2) is 4.68 Å². The Balaban J connectivity index is 1.33. The number of tetrazole rings is 1. The Morgan fingerprint density at radius 1 is 1.19 bits per heavy atom. The number of hydrogen-bond donors (Lipinski definition) is 1. The summed E-state index contributed by atoms with van der Waals surface area (Å²) in [4.78, 5) is 20.7. The molecule has 2 aliphatic heterocycles. The zero-order valence-electron chi connectivity index (χ0n) is 21.6. The van der Waals surface area contributed by atoms with Gasteiger partial charge in [-0.3, -0.25) is 14.6 Å². The van der Waals surface area contributed by atoms with Crippen LogP contribution in [0.15, 0.2) is 29.1 Å². The SMILES string of the molecule is CCOc1ccc2[nH]c(=O)c(CN(CCCN3CCOCC3)Cc3nnnn3C[C@H]3CCCO3)cc2c1. The predicted molar refractivity (Wildman–Crippen MR) is 139 cm³/mol. The molecule has 0 bridgehead atoms. The molecule has 1 atom stereocenters. The van der Waals surface area contributed by atoms with Crippen LogP contribution in [-0.4, -0.2) is 93.7 Å². The minimum Gasteiger partial charge on any atom is -0.494 e. The standard InChI is InChI=1S/C26H37N7O4/c1-2-36-22-6-7-24-20(16-22)15-21(26(34)27-24)17-32(9-4-8-31-10-13-35-14-11-31)19-25-28-29-30-33(25)18-23-5-3-12-37-23/h6-7,15-16,23H,2-5,8-14,17-19H2,1H3,(H,27,34)/t23-/m1/s1. The maximum absolute atomic E-state index is 13.0. The summed E-state index contributed by atoms with van der Waals surface area (Å²) in [6.45, 7) is 10.4. The van der Waals surface area contributed by atoms with Crippen molar-refractivity contribution < 1.29 is 14.2 Å². The van der Waals surface area contributed by atoms with Gasteiger partial charge in [0.15, 0.2) is 5.82 Å². The van der Waals surface area contributed by atoms with E-state index in [2.05, 4.69) is 30.3 Å². The molecule has 0 radical (unpaired) electrons. The third kappa shape index (κ3) is 6.92. The number of benzene rings is 1. The molecule has 37 heavy (non-hydrogen) atoms. The molecule has 0 saturated carbocycles. The Hall–Kier alpha value is -2.86. The van der Waals surface area contributed by atoms with Crippen LogP contribution < -0.4 is 10.3 Å². The zero-order valence-corrected chi connectivity index (χ0v) is 21.6. The van der Waals surface area contributed by atoms with Crippen molar-refractivity contribution in [3.8, 4) is 5.75 Å². The fraction of sp³-hybridized carbons (Fsp3) is 0.615. The van der Waals surface area contributed by atoms with Crippen molar-refractivity contribution in [1.29, 1.82) is 0 Å². The molecule has 2 aliphatic rings. The van der Waals surface area contributed by atoms with Crippen molar-refractivity contribution in [3.05, 3.63) is 46.0 Å². The van der Waals surface area contributed by atoms with Crippen LogP contribution in [0.25, 0.3) is 10.9 Å². The fourth-order valence-corrected chi connectivity index (χ4v) is 5.06. The molecular formula is C26H37N7O4. The lowest BCUT2D eigenvalue weighted by atomic mass is 10.1. The lowest BCUT2D eigenvalue weighted by Crippen LogP contribution is -2.38. The molecule has 11 nitrogen and oxygen atoms in total. The first kappa shape index (κ1) is 25.8. The summed E-state index contributed by atoms with van der Waals surface area (Å²) in [6, 6.07) is 7.72. The van der Waals surface area contributed by atoms with E-state index in [1.165, 1.54) is 0 Å². The average Bonchev–Trinajstić information content (AvgIpc) is 3.58. The van der Waals surface area contributed by atoms with Crippen LogP contribution >= 0.6 is 0 Å². The van der Waals surface area contributed by atoms with Crippen LogP contribution in [0.3, 0.4) is 0 Å². The Morgan fingerprint density at radius 3 is 2.89 bits per heavy atom. The number of H-pyrrole nitrogens is 1. The van der Waals surface area contributed by atoms with Crippen molar-refractivity contribution >= 4 is 10.9 Å². The molecule has 3 aromatic rings.